The third-order valence-corrected chi connectivity index (χ3v) is 3.87. The van der Waals surface area contributed by atoms with Crippen LogP contribution in [0.1, 0.15) is 45.6 Å². The summed E-state index contributed by atoms with van der Waals surface area (Å²) in [4.78, 5) is 14.3. The molecule has 1 aliphatic rings. The van der Waals surface area contributed by atoms with Gasteiger partial charge in [0.1, 0.15) is 5.38 Å². The molecule has 1 aromatic carbocycles. The molecule has 1 amide bonds. The van der Waals surface area contributed by atoms with Crippen LogP contribution in [0.4, 0.5) is 5.69 Å². The van der Waals surface area contributed by atoms with Gasteiger partial charge < -0.3 is 4.90 Å². The van der Waals surface area contributed by atoms with Gasteiger partial charge in [-0.1, -0.05) is 25.1 Å². The molecule has 0 saturated carbocycles. The molecule has 0 bridgehead atoms. The van der Waals surface area contributed by atoms with Crippen LogP contribution in [0.3, 0.4) is 0 Å². The lowest BCUT2D eigenvalue weighted by Gasteiger charge is -2.46. The Morgan fingerprint density at radius 3 is 2.67 bits per heavy atom. The van der Waals surface area contributed by atoms with Crippen molar-refractivity contribution in [1.82, 2.24) is 0 Å². The average molecular weight is 266 g/mol. The fourth-order valence-electron chi connectivity index (χ4n) is 2.98. The fourth-order valence-corrected chi connectivity index (χ4v) is 3.08. The molecule has 98 valence electrons. The van der Waals surface area contributed by atoms with Crippen LogP contribution in [0.25, 0.3) is 0 Å². The van der Waals surface area contributed by atoms with Gasteiger partial charge in [0.05, 0.1) is 0 Å². The normalized spacial score (nSPS) is 23.4. The van der Waals surface area contributed by atoms with Gasteiger partial charge in [-0.3, -0.25) is 4.79 Å². The second-order valence-electron chi connectivity index (χ2n) is 5.77. The minimum Gasteiger partial charge on any atom is -0.305 e. The minimum atomic E-state index is -0.495. The average Bonchev–Trinajstić information content (AvgIpc) is 2.27. The maximum absolute atomic E-state index is 12.4. The molecule has 0 aromatic heterocycles. The highest BCUT2D eigenvalue weighted by molar-refractivity contribution is 6.32. The lowest BCUT2D eigenvalue weighted by Crippen LogP contribution is -2.53. The molecule has 0 aliphatic carbocycles. The van der Waals surface area contributed by atoms with Crippen LogP contribution >= 0.6 is 11.6 Å². The first-order valence-corrected chi connectivity index (χ1v) is 6.85. The summed E-state index contributed by atoms with van der Waals surface area (Å²) in [6, 6.07) is 8.13. The van der Waals surface area contributed by atoms with Crippen molar-refractivity contribution in [3.05, 3.63) is 29.8 Å². The molecule has 1 aliphatic heterocycles. The van der Waals surface area contributed by atoms with E-state index < -0.39 is 5.38 Å². The van der Waals surface area contributed by atoms with Crippen LogP contribution in [0.15, 0.2) is 24.3 Å². The fraction of sp³-hybridized carbons (Fsp3) is 0.533. The van der Waals surface area contributed by atoms with E-state index in [-0.39, 0.29) is 11.4 Å². The van der Waals surface area contributed by atoms with Crippen LogP contribution in [0.5, 0.6) is 0 Å². The van der Waals surface area contributed by atoms with Gasteiger partial charge in [0.15, 0.2) is 0 Å². The van der Waals surface area contributed by atoms with Crippen molar-refractivity contribution in [1.29, 1.82) is 0 Å². The molecule has 0 radical (unpaired) electrons. The molecule has 0 unspecified atom stereocenters. The van der Waals surface area contributed by atoms with Crippen molar-refractivity contribution in [3.63, 3.8) is 0 Å². The third kappa shape index (κ3) is 2.14. The van der Waals surface area contributed by atoms with E-state index in [9.17, 15) is 4.79 Å². The Bertz CT molecular complexity index is 467. The number of alkyl halides is 1. The van der Waals surface area contributed by atoms with Crippen LogP contribution in [0.2, 0.25) is 0 Å². The Labute approximate surface area is 114 Å². The van der Waals surface area contributed by atoms with E-state index in [4.69, 9.17) is 11.6 Å². The van der Waals surface area contributed by atoms with E-state index in [0.29, 0.717) is 5.92 Å². The summed E-state index contributed by atoms with van der Waals surface area (Å²) >= 11 is 6.00. The molecule has 18 heavy (non-hydrogen) atoms. The van der Waals surface area contributed by atoms with E-state index in [1.54, 1.807) is 6.92 Å². The summed E-state index contributed by atoms with van der Waals surface area (Å²) in [6.45, 7) is 8.17. The number of rotatable bonds is 1. The second kappa shape index (κ2) is 4.58. The van der Waals surface area contributed by atoms with Crippen molar-refractivity contribution in [2.24, 2.45) is 0 Å². The summed E-state index contributed by atoms with van der Waals surface area (Å²) in [5, 5.41) is -0.495. The van der Waals surface area contributed by atoms with E-state index in [0.717, 1.165) is 12.1 Å². The molecule has 3 heteroatoms. The van der Waals surface area contributed by atoms with Crippen molar-refractivity contribution in [3.8, 4) is 0 Å². The molecule has 0 fully saturated rings. The molecular formula is C15H20ClNO. The third-order valence-electron chi connectivity index (χ3n) is 3.68. The first-order valence-electron chi connectivity index (χ1n) is 6.41. The van der Waals surface area contributed by atoms with Crippen LogP contribution in [-0.4, -0.2) is 16.8 Å². The summed E-state index contributed by atoms with van der Waals surface area (Å²) in [5.41, 5.74) is 2.06. The van der Waals surface area contributed by atoms with Crippen molar-refractivity contribution in [2.45, 2.75) is 50.9 Å². The second-order valence-corrected chi connectivity index (χ2v) is 6.42. The highest BCUT2D eigenvalue weighted by atomic mass is 35.5. The maximum atomic E-state index is 12.4. The number of carbonyl (C=O) groups is 1. The van der Waals surface area contributed by atoms with Gasteiger partial charge >= 0.3 is 0 Å². The number of carbonyl (C=O) groups excluding carboxylic acids is 1. The van der Waals surface area contributed by atoms with Crippen LogP contribution in [0, 0.1) is 0 Å². The first kappa shape index (κ1) is 13.4. The summed E-state index contributed by atoms with van der Waals surface area (Å²) in [7, 11) is 0. The van der Waals surface area contributed by atoms with Gasteiger partial charge in [0.2, 0.25) is 5.91 Å². The first-order chi connectivity index (χ1) is 8.34. The van der Waals surface area contributed by atoms with E-state index in [2.05, 4.69) is 26.8 Å². The zero-order valence-electron chi connectivity index (χ0n) is 11.4. The summed E-state index contributed by atoms with van der Waals surface area (Å²) in [6.07, 6.45) is 0.958. The SMILES string of the molecule is C[C@@H]1CC(C)(C)N(C(=O)[C@@H](C)Cl)c2ccccc21. The van der Waals surface area contributed by atoms with Crippen LogP contribution in [-0.2, 0) is 4.79 Å². The summed E-state index contributed by atoms with van der Waals surface area (Å²) < 4.78 is 0. The van der Waals surface area contributed by atoms with Gasteiger partial charge in [0, 0.05) is 11.2 Å². The number of nitrogens with zero attached hydrogens (tertiary/aromatic N) is 1. The molecule has 1 aromatic rings. The Balaban J connectivity index is 2.55. The Hall–Kier alpha value is -1.02. The Morgan fingerprint density at radius 1 is 1.44 bits per heavy atom. The monoisotopic (exact) mass is 265 g/mol. The number of anilines is 1. The molecular weight excluding hydrogens is 246 g/mol. The van der Waals surface area contributed by atoms with E-state index >= 15 is 0 Å². The number of halogens is 1. The predicted molar refractivity (Wildman–Crippen MR) is 76.4 cm³/mol. The largest absolute Gasteiger partial charge is 0.305 e. The topological polar surface area (TPSA) is 20.3 Å². The van der Waals surface area contributed by atoms with Gasteiger partial charge in [-0.05, 0) is 44.7 Å². The molecule has 2 nitrogen and oxygen atoms in total. The molecule has 0 N–H and O–H groups in total. The standard InChI is InChI=1S/C15H20ClNO/c1-10-9-15(3,4)17(14(18)11(2)16)13-8-6-5-7-12(10)13/h5-8,10-11H,9H2,1-4H3/t10-,11-/m1/s1. The van der Waals surface area contributed by atoms with Crippen molar-refractivity contribution < 1.29 is 4.79 Å². The quantitative estimate of drug-likeness (QED) is 0.705. The smallest absolute Gasteiger partial charge is 0.245 e. The van der Waals surface area contributed by atoms with Gasteiger partial charge in [-0.25, -0.2) is 0 Å². The number of fused-ring (bicyclic) bond motifs is 1. The molecule has 0 spiro atoms. The lowest BCUT2D eigenvalue weighted by atomic mass is 9.80. The van der Waals surface area contributed by atoms with Crippen molar-refractivity contribution in [2.75, 3.05) is 4.90 Å². The maximum Gasteiger partial charge on any atom is 0.245 e. The molecule has 2 atom stereocenters. The zero-order valence-corrected chi connectivity index (χ0v) is 12.2. The molecule has 0 saturated heterocycles. The molecule has 2 rings (SSSR count). The van der Waals surface area contributed by atoms with Gasteiger partial charge in [0.25, 0.3) is 0 Å². The highest BCUT2D eigenvalue weighted by Crippen LogP contribution is 2.43. The minimum absolute atomic E-state index is 0.0129. The Morgan fingerprint density at radius 2 is 2.06 bits per heavy atom. The number of hydrogen-bond donors (Lipinski definition) is 0. The van der Waals surface area contributed by atoms with Gasteiger partial charge in [-0.15, -0.1) is 11.6 Å². The number of para-hydroxylation sites is 1. The van der Waals surface area contributed by atoms with Crippen LogP contribution < -0.4 is 4.90 Å². The number of hydrogen-bond acceptors (Lipinski definition) is 1. The predicted octanol–water partition coefficient (Wildman–Crippen LogP) is 3.93. The highest BCUT2D eigenvalue weighted by Gasteiger charge is 2.40. The molecule has 1 heterocycles. The number of benzene rings is 1. The zero-order chi connectivity index (χ0) is 13.5. The number of amides is 1. The van der Waals surface area contributed by atoms with Gasteiger partial charge in [-0.2, -0.15) is 0 Å². The van der Waals surface area contributed by atoms with Crippen molar-refractivity contribution >= 4 is 23.2 Å². The Kier molecular flexibility index (Phi) is 3.41. The summed E-state index contributed by atoms with van der Waals surface area (Å²) in [5.74, 6) is 0.451. The van der Waals surface area contributed by atoms with E-state index in [1.807, 2.05) is 23.1 Å². The van der Waals surface area contributed by atoms with E-state index in [1.165, 1.54) is 5.56 Å². The lowest BCUT2D eigenvalue weighted by molar-refractivity contribution is -0.119.